The molecule has 0 spiro atoms. The van der Waals surface area contributed by atoms with Crippen LogP contribution in [0.4, 0.5) is 34.5 Å². The van der Waals surface area contributed by atoms with Crippen LogP contribution in [0.1, 0.15) is 42.6 Å². The highest BCUT2D eigenvalue weighted by molar-refractivity contribution is 7.92. The summed E-state index contributed by atoms with van der Waals surface area (Å²) in [6.07, 6.45) is 5.09. The molecule has 48 heavy (non-hydrogen) atoms. The molecule has 2 aromatic carbocycles. The molecule has 4 heterocycles. The molecule has 0 atom stereocenters. The van der Waals surface area contributed by atoms with Gasteiger partial charge in [-0.2, -0.15) is 4.98 Å². The summed E-state index contributed by atoms with van der Waals surface area (Å²) < 4.78 is 37.8. The molecule has 2 fully saturated rings. The number of benzene rings is 2. The lowest BCUT2D eigenvalue weighted by Gasteiger charge is -2.42. The van der Waals surface area contributed by atoms with Gasteiger partial charge in [-0.15, -0.1) is 0 Å². The molecule has 0 radical (unpaired) electrons. The highest BCUT2D eigenvalue weighted by Crippen LogP contribution is 2.39. The summed E-state index contributed by atoms with van der Waals surface area (Å²) in [5.41, 5.74) is 3.83. The van der Waals surface area contributed by atoms with Crippen molar-refractivity contribution in [2.24, 2.45) is 0 Å². The number of likely N-dealkylation sites (N-methyl/N-ethyl adjacent to an activating group) is 1. The molecule has 0 saturated carbocycles. The van der Waals surface area contributed by atoms with Crippen molar-refractivity contribution in [1.29, 1.82) is 0 Å². The molecule has 0 amide bonds. The third kappa shape index (κ3) is 7.45. The maximum Gasteiger partial charge on any atom is 0.343 e. The largest absolute Gasteiger partial charge is 0.494 e. The maximum absolute atomic E-state index is 13.1. The Kier molecular flexibility index (Phi) is 9.95. The minimum absolute atomic E-state index is 0.123. The number of methoxy groups -OCH3 is 1. The zero-order valence-electron chi connectivity index (χ0n) is 28.4. The van der Waals surface area contributed by atoms with Crippen molar-refractivity contribution in [1.82, 2.24) is 19.8 Å². The molecule has 14 heteroatoms. The number of esters is 1. The Hall–Kier alpha value is -4.14. The van der Waals surface area contributed by atoms with E-state index in [1.54, 1.807) is 27.0 Å². The third-order valence-corrected chi connectivity index (χ3v) is 10.4. The summed E-state index contributed by atoms with van der Waals surface area (Å²) in [4.78, 5) is 29.7. The van der Waals surface area contributed by atoms with Crippen molar-refractivity contribution in [2.75, 3.05) is 86.1 Å². The summed E-state index contributed by atoms with van der Waals surface area (Å²) in [6.45, 7) is 10.4. The molecule has 0 aliphatic carbocycles. The Morgan fingerprint density at radius 3 is 2.42 bits per heavy atom. The second-order valence-corrected chi connectivity index (χ2v) is 14.9. The number of sulfonamides is 1. The molecular weight excluding hydrogens is 632 g/mol. The third-order valence-electron chi connectivity index (χ3n) is 9.27. The van der Waals surface area contributed by atoms with Crippen LogP contribution >= 0.6 is 0 Å². The average Bonchev–Trinajstić information content (AvgIpc) is 3.52. The zero-order chi connectivity index (χ0) is 34.0. The van der Waals surface area contributed by atoms with Crippen molar-refractivity contribution in [3.05, 3.63) is 53.7 Å². The molecule has 2 N–H and O–H groups in total. The van der Waals surface area contributed by atoms with Crippen molar-refractivity contribution in [3.63, 3.8) is 0 Å². The number of hydrogen-bond donors (Lipinski definition) is 2. The van der Waals surface area contributed by atoms with Crippen LogP contribution in [0.2, 0.25) is 0 Å². The standard InChI is InChI=1S/C34H46N8O5S/c1-23(2)47-33(43)27-22-35-34(38-32(27)36-29-8-6-7-24-11-16-42(31(24)29)48(5,44)45)37-28-10-9-26(21-30(28)46-4)40-14-12-25(13-15-40)41-19-17-39(3)18-20-41/h6-10,21-23,25H,11-20H2,1-5H3,(H2,35,36,37,38). The van der Waals surface area contributed by atoms with E-state index in [2.05, 4.69) is 48.4 Å². The number of rotatable bonds is 10. The van der Waals surface area contributed by atoms with Gasteiger partial charge in [0.25, 0.3) is 0 Å². The lowest BCUT2D eigenvalue weighted by molar-refractivity contribution is 0.0378. The van der Waals surface area contributed by atoms with Crippen LogP contribution < -0.4 is 24.6 Å². The van der Waals surface area contributed by atoms with Crippen molar-refractivity contribution in [2.45, 2.75) is 45.3 Å². The van der Waals surface area contributed by atoms with Crippen LogP contribution in [0.5, 0.6) is 5.75 Å². The molecule has 1 aromatic heterocycles. The van der Waals surface area contributed by atoms with Gasteiger partial charge in [-0.3, -0.25) is 9.21 Å². The molecular formula is C34H46N8O5S. The Morgan fingerprint density at radius 2 is 1.73 bits per heavy atom. The molecule has 258 valence electrons. The molecule has 6 rings (SSSR count). The quantitative estimate of drug-likeness (QED) is 0.300. The number of anilines is 6. The summed E-state index contributed by atoms with van der Waals surface area (Å²) in [6, 6.07) is 12.2. The number of piperidine rings is 1. The molecule has 3 aliphatic heterocycles. The van der Waals surface area contributed by atoms with Crippen LogP contribution in [0.3, 0.4) is 0 Å². The van der Waals surface area contributed by atoms with Gasteiger partial charge >= 0.3 is 5.97 Å². The van der Waals surface area contributed by atoms with Gasteiger partial charge in [-0.25, -0.2) is 18.2 Å². The number of para-hydroxylation sites is 1. The van der Waals surface area contributed by atoms with E-state index in [-0.39, 0.29) is 23.4 Å². The number of aromatic nitrogens is 2. The fraction of sp³-hybridized carbons (Fsp3) is 0.500. The number of carbonyl (C=O) groups excluding carboxylic acids is 1. The smallest absolute Gasteiger partial charge is 0.343 e. The molecule has 13 nitrogen and oxygen atoms in total. The van der Waals surface area contributed by atoms with Gasteiger partial charge in [0.1, 0.15) is 11.3 Å². The monoisotopic (exact) mass is 678 g/mol. The first-order chi connectivity index (χ1) is 23.0. The van der Waals surface area contributed by atoms with Gasteiger partial charge in [0.15, 0.2) is 5.82 Å². The Morgan fingerprint density at radius 1 is 0.979 bits per heavy atom. The minimum atomic E-state index is -3.52. The maximum atomic E-state index is 13.1. The number of nitrogens with one attached hydrogen (secondary N) is 2. The highest BCUT2D eigenvalue weighted by Gasteiger charge is 2.30. The van der Waals surface area contributed by atoms with E-state index in [4.69, 9.17) is 9.47 Å². The fourth-order valence-corrected chi connectivity index (χ4v) is 7.69. The van der Waals surface area contributed by atoms with Crippen molar-refractivity contribution in [3.8, 4) is 5.75 Å². The summed E-state index contributed by atoms with van der Waals surface area (Å²) in [7, 11) is 0.308. The van der Waals surface area contributed by atoms with Gasteiger partial charge in [-0.05, 0) is 63.9 Å². The minimum Gasteiger partial charge on any atom is -0.494 e. The van der Waals surface area contributed by atoms with Gasteiger partial charge in [0.05, 0.1) is 36.5 Å². The second kappa shape index (κ2) is 14.1. The number of ether oxygens (including phenoxy) is 2. The van der Waals surface area contributed by atoms with Crippen molar-refractivity contribution < 1.29 is 22.7 Å². The van der Waals surface area contributed by atoms with Gasteiger partial charge in [0, 0.05) is 69.8 Å². The summed E-state index contributed by atoms with van der Waals surface area (Å²) >= 11 is 0. The molecule has 0 unspecified atom stereocenters. The van der Waals surface area contributed by atoms with Crippen LogP contribution in [-0.4, -0.2) is 113 Å². The first kappa shape index (κ1) is 33.7. The van der Waals surface area contributed by atoms with Gasteiger partial charge in [0.2, 0.25) is 16.0 Å². The van der Waals surface area contributed by atoms with Crippen LogP contribution in [0.25, 0.3) is 0 Å². The van der Waals surface area contributed by atoms with Crippen molar-refractivity contribution >= 4 is 50.5 Å². The highest BCUT2D eigenvalue weighted by atomic mass is 32.2. The number of carbonyl (C=O) groups is 1. The Labute approximate surface area is 283 Å². The predicted octanol–water partition coefficient (Wildman–Crippen LogP) is 4.08. The van der Waals surface area contributed by atoms with E-state index in [1.165, 1.54) is 16.8 Å². The number of nitrogens with zero attached hydrogens (tertiary/aromatic N) is 6. The normalized spacial score (nSPS) is 17.8. The van der Waals surface area contributed by atoms with E-state index < -0.39 is 16.0 Å². The van der Waals surface area contributed by atoms with Gasteiger partial charge < -0.3 is 29.9 Å². The number of piperazine rings is 1. The average molecular weight is 679 g/mol. The molecule has 3 aliphatic rings. The first-order valence-electron chi connectivity index (χ1n) is 16.6. The lowest BCUT2D eigenvalue weighted by Crippen LogP contribution is -2.52. The number of hydrogen-bond acceptors (Lipinski definition) is 12. The topological polar surface area (TPSA) is 132 Å². The van der Waals surface area contributed by atoms with Crippen LogP contribution in [-0.2, 0) is 21.2 Å². The SMILES string of the molecule is COc1cc(N2CCC(N3CCN(C)CC3)CC2)ccc1Nc1ncc(C(=O)OC(C)C)c(Nc2cccc3c2N(S(C)(=O)=O)CC3)n1. The predicted molar refractivity (Wildman–Crippen MR) is 189 cm³/mol. The molecule has 0 bridgehead atoms. The Bertz CT molecular complexity index is 1740. The van der Waals surface area contributed by atoms with E-state index in [1.807, 2.05) is 24.3 Å². The van der Waals surface area contributed by atoms with E-state index in [9.17, 15) is 13.2 Å². The van der Waals surface area contributed by atoms with Crippen LogP contribution in [0.15, 0.2) is 42.6 Å². The second-order valence-electron chi connectivity index (χ2n) is 13.0. The summed E-state index contributed by atoms with van der Waals surface area (Å²) in [5, 5.41) is 6.47. The van der Waals surface area contributed by atoms with E-state index >= 15 is 0 Å². The summed E-state index contributed by atoms with van der Waals surface area (Å²) in [5.74, 6) is 0.459. The number of fused-ring (bicyclic) bond motifs is 1. The van der Waals surface area contributed by atoms with Gasteiger partial charge in [-0.1, -0.05) is 12.1 Å². The van der Waals surface area contributed by atoms with E-state index in [0.717, 1.165) is 63.4 Å². The first-order valence-corrected chi connectivity index (χ1v) is 18.4. The molecule has 2 saturated heterocycles. The van der Waals surface area contributed by atoms with E-state index in [0.29, 0.717) is 41.8 Å². The Balaban J connectivity index is 1.22. The van der Waals surface area contributed by atoms with Crippen LogP contribution in [0, 0.1) is 0 Å². The fourth-order valence-electron chi connectivity index (χ4n) is 6.72. The lowest BCUT2D eigenvalue weighted by atomic mass is 10.0. The zero-order valence-corrected chi connectivity index (χ0v) is 29.2. The molecule has 3 aromatic rings.